The number of aryl methyl sites for hydroxylation is 2. The number of nitrogens with two attached hydrogens (primary N) is 1. The minimum absolute atomic E-state index is 0.606. The van der Waals surface area contributed by atoms with Gasteiger partial charge in [0.05, 0.1) is 0 Å². The molecule has 0 bridgehead atoms. The summed E-state index contributed by atoms with van der Waals surface area (Å²) in [5, 5.41) is 0. The molecule has 0 aliphatic rings. The Bertz CT molecular complexity index is 575. The Morgan fingerprint density at radius 1 is 0.950 bits per heavy atom. The van der Waals surface area contributed by atoms with E-state index in [4.69, 9.17) is 5.73 Å². The van der Waals surface area contributed by atoms with Gasteiger partial charge >= 0.3 is 0 Å². The largest absolute Gasteiger partial charge is 0.326 e. The van der Waals surface area contributed by atoms with Crippen LogP contribution in [0, 0.1) is 13.8 Å². The van der Waals surface area contributed by atoms with Crippen LogP contribution < -0.4 is 5.73 Å². The molecule has 106 valence electrons. The van der Waals surface area contributed by atoms with Crippen molar-refractivity contribution in [1.29, 1.82) is 0 Å². The van der Waals surface area contributed by atoms with Crippen LogP contribution >= 0.6 is 0 Å². The Hall–Kier alpha value is -1.64. The van der Waals surface area contributed by atoms with Crippen LogP contribution in [0.5, 0.6) is 0 Å². The Kier molecular flexibility index (Phi) is 4.94. The number of hydrogen-bond donors (Lipinski definition) is 1. The zero-order valence-corrected chi connectivity index (χ0v) is 12.7. The van der Waals surface area contributed by atoms with Gasteiger partial charge in [-0.3, -0.25) is 4.90 Å². The molecule has 0 aromatic heterocycles. The van der Waals surface area contributed by atoms with E-state index in [0.29, 0.717) is 6.54 Å². The van der Waals surface area contributed by atoms with Gasteiger partial charge in [-0.1, -0.05) is 48.0 Å². The zero-order chi connectivity index (χ0) is 14.5. The first-order valence-electron chi connectivity index (χ1n) is 7.11. The normalized spacial score (nSPS) is 11.1. The third-order valence-corrected chi connectivity index (χ3v) is 3.62. The van der Waals surface area contributed by atoms with E-state index in [-0.39, 0.29) is 0 Å². The van der Waals surface area contributed by atoms with Gasteiger partial charge in [0.25, 0.3) is 0 Å². The summed E-state index contributed by atoms with van der Waals surface area (Å²) in [5.74, 6) is 0. The summed E-state index contributed by atoms with van der Waals surface area (Å²) in [6.07, 6.45) is 0. The van der Waals surface area contributed by atoms with Gasteiger partial charge < -0.3 is 5.73 Å². The Morgan fingerprint density at radius 2 is 1.70 bits per heavy atom. The van der Waals surface area contributed by atoms with E-state index >= 15 is 0 Å². The van der Waals surface area contributed by atoms with Gasteiger partial charge in [-0.15, -0.1) is 0 Å². The first-order valence-corrected chi connectivity index (χ1v) is 7.11. The predicted octanol–water partition coefficient (Wildman–Crippen LogP) is 3.39. The minimum Gasteiger partial charge on any atom is -0.326 e. The maximum atomic E-state index is 5.70. The van der Waals surface area contributed by atoms with E-state index in [2.05, 4.69) is 68.3 Å². The fourth-order valence-electron chi connectivity index (χ4n) is 2.48. The van der Waals surface area contributed by atoms with Gasteiger partial charge in [-0.25, -0.2) is 0 Å². The highest BCUT2D eigenvalue weighted by Gasteiger charge is 2.05. The van der Waals surface area contributed by atoms with Crippen molar-refractivity contribution in [1.82, 2.24) is 4.90 Å². The van der Waals surface area contributed by atoms with Crippen molar-refractivity contribution in [2.45, 2.75) is 33.5 Å². The van der Waals surface area contributed by atoms with E-state index in [1.165, 1.54) is 27.8 Å². The van der Waals surface area contributed by atoms with Crippen LogP contribution in [-0.4, -0.2) is 11.9 Å². The standard InChI is InChI=1S/C18H24N2/c1-14-7-8-15(2)18(9-14)13-20(3)12-17-6-4-5-16(10-17)11-19/h4-10H,11-13,19H2,1-3H3. The summed E-state index contributed by atoms with van der Waals surface area (Å²) < 4.78 is 0. The van der Waals surface area contributed by atoms with Crippen molar-refractivity contribution in [3.63, 3.8) is 0 Å². The third-order valence-electron chi connectivity index (χ3n) is 3.62. The van der Waals surface area contributed by atoms with Crippen molar-refractivity contribution in [3.8, 4) is 0 Å². The highest BCUT2D eigenvalue weighted by molar-refractivity contribution is 5.30. The summed E-state index contributed by atoms with van der Waals surface area (Å²) in [5.41, 5.74) is 12.3. The molecule has 0 aliphatic carbocycles. The van der Waals surface area contributed by atoms with Crippen LogP contribution in [0.15, 0.2) is 42.5 Å². The molecule has 0 aliphatic heterocycles. The maximum Gasteiger partial charge on any atom is 0.0236 e. The maximum absolute atomic E-state index is 5.70. The summed E-state index contributed by atoms with van der Waals surface area (Å²) in [4.78, 5) is 2.34. The lowest BCUT2D eigenvalue weighted by molar-refractivity contribution is 0.318. The molecule has 0 saturated carbocycles. The minimum atomic E-state index is 0.606. The van der Waals surface area contributed by atoms with Gasteiger partial charge in [0.2, 0.25) is 0 Å². The third kappa shape index (κ3) is 3.92. The lowest BCUT2D eigenvalue weighted by Crippen LogP contribution is -2.18. The molecular weight excluding hydrogens is 244 g/mol. The molecule has 0 spiro atoms. The molecule has 0 fully saturated rings. The lowest BCUT2D eigenvalue weighted by Gasteiger charge is -2.19. The second-order valence-corrected chi connectivity index (χ2v) is 5.63. The fraction of sp³-hybridized carbons (Fsp3) is 0.333. The molecule has 2 nitrogen and oxygen atoms in total. The van der Waals surface area contributed by atoms with Gasteiger partial charge in [-0.05, 0) is 43.1 Å². The number of rotatable bonds is 5. The predicted molar refractivity (Wildman–Crippen MR) is 85.4 cm³/mol. The van der Waals surface area contributed by atoms with E-state index in [0.717, 1.165) is 13.1 Å². The van der Waals surface area contributed by atoms with Crippen LogP contribution in [0.3, 0.4) is 0 Å². The highest BCUT2D eigenvalue weighted by atomic mass is 15.1. The first kappa shape index (κ1) is 14.8. The summed E-state index contributed by atoms with van der Waals surface area (Å²) >= 11 is 0. The van der Waals surface area contributed by atoms with E-state index in [9.17, 15) is 0 Å². The molecule has 20 heavy (non-hydrogen) atoms. The summed E-state index contributed by atoms with van der Waals surface area (Å²) in [7, 11) is 2.16. The Labute approximate surface area is 122 Å². The molecule has 2 rings (SSSR count). The van der Waals surface area contributed by atoms with Gasteiger partial charge in [-0.2, -0.15) is 0 Å². The molecule has 2 N–H and O–H groups in total. The monoisotopic (exact) mass is 268 g/mol. The molecule has 2 aromatic rings. The molecule has 0 amide bonds. The number of hydrogen-bond acceptors (Lipinski definition) is 2. The molecule has 0 unspecified atom stereocenters. The molecule has 0 saturated heterocycles. The van der Waals surface area contributed by atoms with Crippen LogP contribution in [0.25, 0.3) is 0 Å². The van der Waals surface area contributed by atoms with Crippen LogP contribution in [-0.2, 0) is 19.6 Å². The second-order valence-electron chi connectivity index (χ2n) is 5.63. The Morgan fingerprint density at radius 3 is 2.45 bits per heavy atom. The van der Waals surface area contributed by atoms with E-state index < -0.39 is 0 Å². The van der Waals surface area contributed by atoms with Crippen LogP contribution in [0.4, 0.5) is 0 Å². The molecule has 0 radical (unpaired) electrons. The number of benzene rings is 2. The molecule has 2 heteroatoms. The fourth-order valence-corrected chi connectivity index (χ4v) is 2.48. The van der Waals surface area contributed by atoms with Crippen LogP contribution in [0.2, 0.25) is 0 Å². The van der Waals surface area contributed by atoms with Crippen molar-refractivity contribution in [2.75, 3.05) is 7.05 Å². The lowest BCUT2D eigenvalue weighted by atomic mass is 10.0. The average Bonchev–Trinajstić information content (AvgIpc) is 2.43. The zero-order valence-electron chi connectivity index (χ0n) is 12.7. The summed E-state index contributed by atoms with van der Waals surface area (Å²) in [6.45, 7) is 6.85. The number of nitrogens with zero attached hydrogens (tertiary/aromatic N) is 1. The molecular formula is C18H24N2. The Balaban J connectivity index is 2.04. The summed E-state index contributed by atoms with van der Waals surface area (Å²) in [6, 6.07) is 15.2. The quantitative estimate of drug-likeness (QED) is 0.900. The smallest absolute Gasteiger partial charge is 0.0236 e. The highest BCUT2D eigenvalue weighted by Crippen LogP contribution is 2.14. The van der Waals surface area contributed by atoms with E-state index in [1.54, 1.807) is 0 Å². The first-order chi connectivity index (χ1) is 9.58. The van der Waals surface area contributed by atoms with Gasteiger partial charge in [0.15, 0.2) is 0 Å². The van der Waals surface area contributed by atoms with Crippen molar-refractivity contribution in [2.24, 2.45) is 5.73 Å². The molecule has 2 aromatic carbocycles. The molecule has 0 atom stereocenters. The van der Waals surface area contributed by atoms with Gasteiger partial charge in [0, 0.05) is 19.6 Å². The topological polar surface area (TPSA) is 29.3 Å². The average molecular weight is 268 g/mol. The van der Waals surface area contributed by atoms with Crippen LogP contribution in [0.1, 0.15) is 27.8 Å². The van der Waals surface area contributed by atoms with Crippen molar-refractivity contribution >= 4 is 0 Å². The molecule has 0 heterocycles. The SMILES string of the molecule is Cc1ccc(C)c(CN(C)Cc2cccc(CN)c2)c1. The second kappa shape index (κ2) is 6.69. The van der Waals surface area contributed by atoms with Crippen molar-refractivity contribution < 1.29 is 0 Å². The van der Waals surface area contributed by atoms with Gasteiger partial charge in [0.1, 0.15) is 0 Å². The van der Waals surface area contributed by atoms with E-state index in [1.807, 2.05) is 0 Å². The van der Waals surface area contributed by atoms with Crippen molar-refractivity contribution in [3.05, 3.63) is 70.3 Å².